The normalized spacial score (nSPS) is 10.1. The molecule has 10 heteroatoms. The van der Waals surface area contributed by atoms with Crippen molar-refractivity contribution >= 4 is 34.9 Å². The summed E-state index contributed by atoms with van der Waals surface area (Å²) in [7, 11) is 2.97. The number of carbonyl (C=O) groups excluding carboxylic acids is 2. The third-order valence-corrected chi connectivity index (χ3v) is 3.83. The van der Waals surface area contributed by atoms with E-state index in [2.05, 4.69) is 5.32 Å². The molecular formula is C18H17ClN2O7. The molecule has 9 nitrogen and oxygen atoms in total. The Labute approximate surface area is 165 Å². The van der Waals surface area contributed by atoms with Gasteiger partial charge in [-0.25, -0.2) is 0 Å². The lowest BCUT2D eigenvalue weighted by molar-refractivity contribution is -0.383. The summed E-state index contributed by atoms with van der Waals surface area (Å²) in [6.07, 6.45) is -0.0886. The molecular weight excluding hydrogens is 392 g/mol. The Hall–Kier alpha value is -3.33. The molecule has 0 aromatic heterocycles. The number of nitrogens with one attached hydrogen (secondary N) is 1. The van der Waals surface area contributed by atoms with Crippen molar-refractivity contribution < 1.29 is 28.7 Å². The second kappa shape index (κ2) is 9.56. The molecule has 0 unspecified atom stereocenters. The highest BCUT2D eigenvalue weighted by molar-refractivity contribution is 6.31. The van der Waals surface area contributed by atoms with Gasteiger partial charge in [-0.05, 0) is 29.8 Å². The number of esters is 1. The molecule has 0 fully saturated rings. The third kappa shape index (κ3) is 5.58. The van der Waals surface area contributed by atoms with Gasteiger partial charge in [-0.3, -0.25) is 19.7 Å². The lowest BCUT2D eigenvalue weighted by atomic mass is 10.1. The minimum absolute atomic E-state index is 0.0460. The van der Waals surface area contributed by atoms with Gasteiger partial charge < -0.3 is 19.5 Å². The molecule has 2 aromatic rings. The fraction of sp³-hybridized carbons (Fsp3) is 0.222. The Morgan fingerprint density at radius 2 is 1.82 bits per heavy atom. The van der Waals surface area contributed by atoms with Crippen LogP contribution in [0.15, 0.2) is 36.4 Å². The van der Waals surface area contributed by atoms with Gasteiger partial charge >= 0.3 is 5.97 Å². The van der Waals surface area contributed by atoms with Crippen LogP contribution in [-0.4, -0.2) is 37.6 Å². The van der Waals surface area contributed by atoms with Gasteiger partial charge in [-0.15, -0.1) is 0 Å². The zero-order valence-corrected chi connectivity index (χ0v) is 15.8. The molecule has 2 aromatic carbocycles. The number of benzene rings is 2. The zero-order valence-electron chi connectivity index (χ0n) is 15.1. The van der Waals surface area contributed by atoms with Crippen molar-refractivity contribution in [2.24, 2.45) is 0 Å². The van der Waals surface area contributed by atoms with Crippen LogP contribution in [0.4, 0.5) is 11.4 Å². The molecule has 148 valence electrons. The number of carbonyl (C=O) groups is 2. The first kappa shape index (κ1) is 21.0. The van der Waals surface area contributed by atoms with Gasteiger partial charge in [0.2, 0.25) is 0 Å². The average molecular weight is 409 g/mol. The van der Waals surface area contributed by atoms with E-state index in [1.165, 1.54) is 26.4 Å². The summed E-state index contributed by atoms with van der Waals surface area (Å²) in [6, 6.07) is 8.74. The number of hydrogen-bond acceptors (Lipinski definition) is 7. The fourth-order valence-corrected chi connectivity index (χ4v) is 2.47. The quantitative estimate of drug-likeness (QED) is 0.405. The number of ether oxygens (including phenoxy) is 3. The summed E-state index contributed by atoms with van der Waals surface area (Å²) in [5, 5.41) is 13.5. The predicted octanol–water partition coefficient (Wildman–Crippen LogP) is 2.99. The lowest BCUT2D eigenvalue weighted by Gasteiger charge is -2.10. The summed E-state index contributed by atoms with van der Waals surface area (Å²) in [6.45, 7) is -0.591. The van der Waals surface area contributed by atoms with Crippen LogP contribution in [0, 0.1) is 10.1 Å². The van der Waals surface area contributed by atoms with Crippen LogP contribution in [0.25, 0.3) is 0 Å². The van der Waals surface area contributed by atoms with E-state index in [1.807, 2.05) is 0 Å². The topological polar surface area (TPSA) is 117 Å². The number of methoxy groups -OCH3 is 2. The number of nitro groups is 1. The van der Waals surface area contributed by atoms with Crippen LogP contribution < -0.4 is 14.8 Å². The van der Waals surface area contributed by atoms with Gasteiger partial charge in [0.25, 0.3) is 11.6 Å². The summed E-state index contributed by atoms with van der Waals surface area (Å²) in [5.41, 5.74) is 0.198. The van der Waals surface area contributed by atoms with Crippen LogP contribution in [0.5, 0.6) is 11.5 Å². The van der Waals surface area contributed by atoms with Crippen LogP contribution >= 0.6 is 11.6 Å². The van der Waals surface area contributed by atoms with Crippen molar-refractivity contribution in [3.63, 3.8) is 0 Å². The number of hydrogen-bond donors (Lipinski definition) is 1. The summed E-state index contributed by atoms with van der Waals surface area (Å²) in [5.74, 6) is -0.386. The minimum atomic E-state index is -0.717. The monoisotopic (exact) mass is 408 g/mol. The number of amides is 1. The molecule has 0 heterocycles. The Morgan fingerprint density at radius 1 is 1.11 bits per heavy atom. The molecule has 0 aliphatic heterocycles. The second-order valence-electron chi connectivity index (χ2n) is 5.49. The number of halogens is 1. The molecule has 0 radical (unpaired) electrons. The highest BCUT2D eigenvalue weighted by Crippen LogP contribution is 2.28. The summed E-state index contributed by atoms with van der Waals surface area (Å²) in [4.78, 5) is 34.2. The van der Waals surface area contributed by atoms with Gasteiger partial charge in [-0.1, -0.05) is 17.7 Å². The molecule has 0 saturated carbocycles. The number of rotatable bonds is 8. The Kier molecular flexibility index (Phi) is 7.16. The van der Waals surface area contributed by atoms with Gasteiger partial charge in [-0.2, -0.15) is 0 Å². The largest absolute Gasteiger partial charge is 0.493 e. The van der Waals surface area contributed by atoms with Gasteiger partial charge in [0.1, 0.15) is 5.69 Å². The fourth-order valence-electron chi connectivity index (χ4n) is 2.30. The second-order valence-corrected chi connectivity index (χ2v) is 5.93. The average Bonchev–Trinajstić information content (AvgIpc) is 2.67. The van der Waals surface area contributed by atoms with Crippen molar-refractivity contribution in [3.8, 4) is 11.5 Å². The molecule has 1 amide bonds. The van der Waals surface area contributed by atoms with E-state index < -0.39 is 23.4 Å². The number of anilines is 1. The van der Waals surface area contributed by atoms with Gasteiger partial charge in [0.05, 0.1) is 25.6 Å². The van der Waals surface area contributed by atoms with E-state index >= 15 is 0 Å². The summed E-state index contributed by atoms with van der Waals surface area (Å²) < 4.78 is 15.2. The van der Waals surface area contributed by atoms with E-state index in [9.17, 15) is 19.7 Å². The highest BCUT2D eigenvalue weighted by Gasteiger charge is 2.17. The van der Waals surface area contributed by atoms with Crippen LogP contribution in [0.2, 0.25) is 5.02 Å². The lowest BCUT2D eigenvalue weighted by Crippen LogP contribution is -2.22. The Morgan fingerprint density at radius 3 is 2.46 bits per heavy atom. The van der Waals surface area contributed by atoms with E-state index in [1.54, 1.807) is 18.2 Å². The van der Waals surface area contributed by atoms with Crippen molar-refractivity contribution in [2.75, 3.05) is 26.1 Å². The van der Waals surface area contributed by atoms with Gasteiger partial charge in [0.15, 0.2) is 18.1 Å². The molecule has 28 heavy (non-hydrogen) atoms. The van der Waals surface area contributed by atoms with E-state index in [4.69, 9.17) is 25.8 Å². The van der Waals surface area contributed by atoms with Crippen molar-refractivity contribution in [1.82, 2.24) is 0 Å². The molecule has 0 bridgehead atoms. The van der Waals surface area contributed by atoms with Crippen molar-refractivity contribution in [1.29, 1.82) is 0 Å². The maximum absolute atomic E-state index is 11.9. The Balaban J connectivity index is 1.93. The first-order chi connectivity index (χ1) is 13.3. The smallest absolute Gasteiger partial charge is 0.310 e. The molecule has 0 aliphatic rings. The summed E-state index contributed by atoms with van der Waals surface area (Å²) >= 11 is 5.71. The standard InChI is InChI=1S/C18H17ClN2O7/c1-26-15-6-3-11(7-16(15)27-2)8-18(23)28-10-17(22)20-13-5-4-12(19)9-14(13)21(24)25/h3-7,9H,8,10H2,1-2H3,(H,20,22). The van der Waals surface area contributed by atoms with Crippen LogP contribution in [0.3, 0.4) is 0 Å². The zero-order chi connectivity index (χ0) is 20.7. The number of nitro benzene ring substituents is 1. The molecule has 0 spiro atoms. The molecule has 2 rings (SSSR count). The highest BCUT2D eigenvalue weighted by atomic mass is 35.5. The molecule has 0 saturated heterocycles. The molecule has 1 N–H and O–H groups in total. The maximum atomic E-state index is 11.9. The maximum Gasteiger partial charge on any atom is 0.310 e. The predicted molar refractivity (Wildman–Crippen MR) is 101 cm³/mol. The molecule has 0 atom stereocenters. The minimum Gasteiger partial charge on any atom is -0.493 e. The van der Waals surface area contributed by atoms with Crippen LogP contribution in [-0.2, 0) is 20.7 Å². The van der Waals surface area contributed by atoms with E-state index in [-0.39, 0.29) is 22.8 Å². The van der Waals surface area contributed by atoms with E-state index in [0.717, 1.165) is 6.07 Å². The van der Waals surface area contributed by atoms with Crippen LogP contribution in [0.1, 0.15) is 5.56 Å². The van der Waals surface area contributed by atoms with Crippen molar-refractivity contribution in [2.45, 2.75) is 6.42 Å². The molecule has 0 aliphatic carbocycles. The first-order valence-electron chi connectivity index (χ1n) is 7.94. The SMILES string of the molecule is COc1ccc(CC(=O)OCC(=O)Nc2ccc(Cl)cc2[N+](=O)[O-])cc1OC. The van der Waals surface area contributed by atoms with E-state index in [0.29, 0.717) is 17.1 Å². The Bertz CT molecular complexity index is 901. The van der Waals surface area contributed by atoms with Gasteiger partial charge in [0, 0.05) is 11.1 Å². The number of nitrogens with zero attached hydrogens (tertiary/aromatic N) is 1. The van der Waals surface area contributed by atoms with Crippen molar-refractivity contribution in [3.05, 3.63) is 57.1 Å². The first-order valence-corrected chi connectivity index (χ1v) is 8.32. The third-order valence-electron chi connectivity index (χ3n) is 3.59.